The van der Waals surface area contributed by atoms with Gasteiger partial charge >= 0.3 is 6.03 Å². The fraction of sp³-hybridized carbons (Fsp3) is 0.471. The van der Waals surface area contributed by atoms with Crippen molar-refractivity contribution in [2.75, 3.05) is 26.7 Å². The Morgan fingerprint density at radius 3 is 2.67 bits per heavy atom. The summed E-state index contributed by atoms with van der Waals surface area (Å²) in [4.78, 5) is 38.6. The summed E-state index contributed by atoms with van der Waals surface area (Å²) in [7, 11) is 1.74. The van der Waals surface area contributed by atoms with Crippen molar-refractivity contribution in [1.29, 1.82) is 0 Å². The molecule has 0 atom stereocenters. The highest BCUT2D eigenvalue weighted by atomic mass is 16.2. The van der Waals surface area contributed by atoms with E-state index in [2.05, 4.69) is 5.32 Å². The molecule has 130 valence electrons. The maximum absolute atomic E-state index is 12.6. The van der Waals surface area contributed by atoms with Crippen molar-refractivity contribution in [1.82, 2.24) is 15.1 Å². The predicted octanol–water partition coefficient (Wildman–Crippen LogP) is 0.795. The van der Waals surface area contributed by atoms with E-state index in [0.717, 1.165) is 10.5 Å². The van der Waals surface area contributed by atoms with Crippen molar-refractivity contribution in [2.45, 2.75) is 20.4 Å². The van der Waals surface area contributed by atoms with Crippen LogP contribution in [-0.4, -0.2) is 54.3 Å². The molecule has 1 aliphatic heterocycles. The number of imide groups is 1. The van der Waals surface area contributed by atoms with E-state index < -0.39 is 6.03 Å². The number of rotatable bonds is 6. The average molecular weight is 332 g/mol. The molecule has 2 rings (SSSR count). The second-order valence-corrected chi connectivity index (χ2v) is 6.87. The third kappa shape index (κ3) is 4.11. The summed E-state index contributed by atoms with van der Waals surface area (Å²) in [5.74, 6) is -0.380. The van der Waals surface area contributed by atoms with Gasteiger partial charge in [-0.2, -0.15) is 0 Å². The van der Waals surface area contributed by atoms with Crippen LogP contribution in [0.1, 0.15) is 29.8 Å². The Hall–Kier alpha value is -2.41. The predicted molar refractivity (Wildman–Crippen MR) is 90.2 cm³/mol. The van der Waals surface area contributed by atoms with E-state index in [0.29, 0.717) is 18.7 Å². The van der Waals surface area contributed by atoms with Crippen molar-refractivity contribution in [2.24, 2.45) is 11.1 Å². The molecule has 7 nitrogen and oxygen atoms in total. The van der Waals surface area contributed by atoms with E-state index >= 15 is 0 Å². The minimum atomic E-state index is -0.404. The molecule has 4 amide bonds. The second kappa shape index (κ2) is 7.00. The maximum Gasteiger partial charge on any atom is 0.324 e. The summed E-state index contributed by atoms with van der Waals surface area (Å²) >= 11 is 0. The molecular weight excluding hydrogens is 308 g/mol. The van der Waals surface area contributed by atoms with Crippen molar-refractivity contribution < 1.29 is 14.4 Å². The molecule has 0 saturated carbocycles. The molecule has 24 heavy (non-hydrogen) atoms. The third-order valence-corrected chi connectivity index (χ3v) is 4.02. The highest BCUT2D eigenvalue weighted by Gasteiger charge is 2.28. The molecular formula is C17H24N4O3. The maximum atomic E-state index is 12.6. The van der Waals surface area contributed by atoms with Crippen molar-refractivity contribution >= 4 is 17.8 Å². The van der Waals surface area contributed by atoms with Gasteiger partial charge in [0.2, 0.25) is 5.91 Å². The number of nitrogens with zero attached hydrogens (tertiary/aromatic N) is 2. The molecule has 1 fully saturated rings. The van der Waals surface area contributed by atoms with Crippen molar-refractivity contribution in [3.8, 4) is 0 Å². The number of carbonyl (C=O) groups excluding carboxylic acids is 3. The topological polar surface area (TPSA) is 95.7 Å². The molecule has 1 aliphatic rings. The lowest BCUT2D eigenvalue weighted by Gasteiger charge is -2.29. The summed E-state index contributed by atoms with van der Waals surface area (Å²) < 4.78 is 0. The van der Waals surface area contributed by atoms with Crippen LogP contribution >= 0.6 is 0 Å². The van der Waals surface area contributed by atoms with Crippen LogP contribution in [-0.2, 0) is 11.3 Å². The zero-order valence-electron chi connectivity index (χ0n) is 14.3. The van der Waals surface area contributed by atoms with Crippen LogP contribution in [0.3, 0.4) is 0 Å². The summed E-state index contributed by atoms with van der Waals surface area (Å²) in [6, 6.07) is 6.58. The molecule has 0 aliphatic carbocycles. The van der Waals surface area contributed by atoms with Crippen molar-refractivity contribution in [3.05, 3.63) is 35.4 Å². The van der Waals surface area contributed by atoms with Crippen LogP contribution in [0.2, 0.25) is 0 Å². The minimum absolute atomic E-state index is 0.0222. The Kier molecular flexibility index (Phi) is 5.23. The van der Waals surface area contributed by atoms with Gasteiger partial charge in [0.1, 0.15) is 0 Å². The molecule has 1 saturated heterocycles. The number of urea groups is 1. The molecule has 7 heteroatoms. The quantitative estimate of drug-likeness (QED) is 0.753. The lowest BCUT2D eigenvalue weighted by molar-refractivity contribution is -0.125. The summed E-state index contributed by atoms with van der Waals surface area (Å²) in [6.45, 7) is 5.21. The molecule has 0 spiro atoms. The summed E-state index contributed by atoms with van der Waals surface area (Å²) in [5, 5.41) is 2.48. The van der Waals surface area contributed by atoms with E-state index in [1.165, 1.54) is 0 Å². The number of nitrogens with two attached hydrogens (primary N) is 1. The van der Waals surface area contributed by atoms with Crippen LogP contribution in [0.5, 0.6) is 0 Å². The fourth-order valence-corrected chi connectivity index (χ4v) is 2.60. The van der Waals surface area contributed by atoms with Gasteiger partial charge < -0.3 is 16.0 Å². The van der Waals surface area contributed by atoms with Gasteiger partial charge in [-0.25, -0.2) is 4.79 Å². The first-order chi connectivity index (χ1) is 11.2. The average Bonchev–Trinajstić information content (AvgIpc) is 2.86. The van der Waals surface area contributed by atoms with E-state index in [4.69, 9.17) is 5.73 Å². The third-order valence-electron chi connectivity index (χ3n) is 4.02. The van der Waals surface area contributed by atoms with Crippen molar-refractivity contribution in [3.63, 3.8) is 0 Å². The van der Waals surface area contributed by atoms with E-state index in [9.17, 15) is 14.4 Å². The number of carbonyl (C=O) groups is 3. The van der Waals surface area contributed by atoms with Crippen LogP contribution in [0.15, 0.2) is 24.3 Å². The minimum Gasteiger partial charge on any atom is -0.341 e. The normalized spacial score (nSPS) is 14.8. The SMILES string of the molecule is CN(CC(C)(C)CN)C(=O)c1cccc(CN2C(=O)CNC2=O)c1. The molecule has 0 unspecified atom stereocenters. The first kappa shape index (κ1) is 17.9. The van der Waals surface area contributed by atoms with Gasteiger partial charge in [-0.15, -0.1) is 0 Å². The fourth-order valence-electron chi connectivity index (χ4n) is 2.60. The Morgan fingerprint density at radius 1 is 1.38 bits per heavy atom. The number of hydrogen-bond acceptors (Lipinski definition) is 4. The smallest absolute Gasteiger partial charge is 0.324 e. The zero-order valence-corrected chi connectivity index (χ0v) is 14.3. The molecule has 1 aromatic rings. The number of hydrogen-bond donors (Lipinski definition) is 2. The first-order valence-electron chi connectivity index (χ1n) is 7.86. The van der Waals surface area contributed by atoms with Gasteiger partial charge in [0, 0.05) is 19.2 Å². The monoisotopic (exact) mass is 332 g/mol. The van der Waals surface area contributed by atoms with E-state index in [1.807, 2.05) is 13.8 Å². The molecule has 1 aromatic carbocycles. The highest BCUT2D eigenvalue weighted by molar-refractivity contribution is 6.02. The van der Waals surface area contributed by atoms with E-state index in [-0.39, 0.29) is 30.3 Å². The number of benzene rings is 1. The number of amides is 4. The Morgan fingerprint density at radius 2 is 2.08 bits per heavy atom. The molecule has 0 radical (unpaired) electrons. The highest BCUT2D eigenvalue weighted by Crippen LogP contribution is 2.17. The van der Waals surface area contributed by atoms with Gasteiger partial charge in [-0.05, 0) is 29.7 Å². The van der Waals surface area contributed by atoms with Gasteiger partial charge in [0.25, 0.3) is 5.91 Å². The largest absolute Gasteiger partial charge is 0.341 e. The Labute approximate surface area is 141 Å². The number of nitrogens with one attached hydrogen (secondary N) is 1. The zero-order chi connectivity index (χ0) is 17.9. The summed E-state index contributed by atoms with van der Waals surface area (Å²) in [6.07, 6.45) is 0. The lowest BCUT2D eigenvalue weighted by atomic mass is 9.93. The lowest BCUT2D eigenvalue weighted by Crippen LogP contribution is -2.39. The van der Waals surface area contributed by atoms with Gasteiger partial charge in [0.15, 0.2) is 0 Å². The first-order valence-corrected chi connectivity index (χ1v) is 7.86. The van der Waals surface area contributed by atoms with Gasteiger partial charge in [-0.3, -0.25) is 14.5 Å². The van der Waals surface area contributed by atoms with Crippen LogP contribution in [0.25, 0.3) is 0 Å². The Balaban J connectivity index is 2.10. The molecule has 0 aromatic heterocycles. The van der Waals surface area contributed by atoms with E-state index in [1.54, 1.807) is 36.2 Å². The van der Waals surface area contributed by atoms with Gasteiger partial charge in [-0.1, -0.05) is 26.0 Å². The summed E-state index contributed by atoms with van der Waals surface area (Å²) in [5.41, 5.74) is 6.81. The molecule has 1 heterocycles. The van der Waals surface area contributed by atoms with Crippen LogP contribution < -0.4 is 11.1 Å². The second-order valence-electron chi connectivity index (χ2n) is 6.87. The van der Waals surface area contributed by atoms with Crippen LogP contribution in [0, 0.1) is 5.41 Å². The standard InChI is InChI=1S/C17H24N4O3/c1-17(2,10-18)11-20(3)15(23)13-6-4-5-12(7-13)9-21-14(22)8-19-16(21)24/h4-7H,8-11,18H2,1-3H3,(H,19,24). The molecule has 0 bridgehead atoms. The van der Waals surface area contributed by atoms with Gasteiger partial charge in [0.05, 0.1) is 13.1 Å². The Bertz CT molecular complexity index is 641. The molecule has 3 N–H and O–H groups in total. The van der Waals surface area contributed by atoms with Crippen LogP contribution in [0.4, 0.5) is 4.79 Å².